The smallest absolute Gasteiger partial charge is 0.335 e. The van der Waals surface area contributed by atoms with Crippen LogP contribution in [0.15, 0.2) is 18.2 Å². The summed E-state index contributed by atoms with van der Waals surface area (Å²) in [6.07, 6.45) is 2.52. The molecule has 18 heavy (non-hydrogen) atoms. The van der Waals surface area contributed by atoms with E-state index in [1.807, 2.05) is 13.0 Å². The molecule has 0 aliphatic carbocycles. The van der Waals surface area contributed by atoms with Gasteiger partial charge >= 0.3 is 5.97 Å². The van der Waals surface area contributed by atoms with E-state index in [2.05, 4.69) is 5.32 Å². The summed E-state index contributed by atoms with van der Waals surface area (Å²) in [5.74, 6) is -0.242. The zero-order chi connectivity index (χ0) is 13.7. The molecule has 0 aromatic heterocycles. The van der Waals surface area contributed by atoms with Gasteiger partial charge in [-0.2, -0.15) is 0 Å². The number of aryl methyl sites for hydroxylation is 1. The molecular formula is C13H19NO3S. The van der Waals surface area contributed by atoms with Crippen LogP contribution in [0.5, 0.6) is 0 Å². The van der Waals surface area contributed by atoms with Gasteiger partial charge in [0.2, 0.25) is 0 Å². The molecule has 0 aliphatic heterocycles. The first-order valence-electron chi connectivity index (χ1n) is 5.80. The maximum Gasteiger partial charge on any atom is 0.335 e. The number of hydrogen-bond acceptors (Lipinski definition) is 3. The summed E-state index contributed by atoms with van der Waals surface area (Å²) in [5.41, 5.74) is 1.95. The maximum absolute atomic E-state index is 11.0. The summed E-state index contributed by atoms with van der Waals surface area (Å²) < 4.78 is 11.0. The van der Waals surface area contributed by atoms with E-state index in [1.54, 1.807) is 25.3 Å². The van der Waals surface area contributed by atoms with E-state index >= 15 is 0 Å². The van der Waals surface area contributed by atoms with Crippen molar-refractivity contribution in [2.45, 2.75) is 26.3 Å². The lowest BCUT2D eigenvalue weighted by atomic mass is 10.1. The second kappa shape index (κ2) is 6.54. The van der Waals surface area contributed by atoms with E-state index in [-0.39, 0.29) is 6.04 Å². The Hall–Kier alpha value is -1.36. The van der Waals surface area contributed by atoms with Crippen molar-refractivity contribution in [1.82, 2.24) is 0 Å². The summed E-state index contributed by atoms with van der Waals surface area (Å²) in [6, 6.07) is 5.40. The predicted octanol–water partition coefficient (Wildman–Crippen LogP) is 2.26. The molecule has 2 atom stereocenters. The van der Waals surface area contributed by atoms with Gasteiger partial charge in [-0.3, -0.25) is 4.21 Å². The summed E-state index contributed by atoms with van der Waals surface area (Å²) in [6.45, 7) is 3.80. The zero-order valence-corrected chi connectivity index (χ0v) is 11.7. The number of rotatable bonds is 6. The van der Waals surface area contributed by atoms with Gasteiger partial charge in [-0.25, -0.2) is 4.79 Å². The Morgan fingerprint density at radius 1 is 1.50 bits per heavy atom. The lowest BCUT2D eigenvalue weighted by Crippen LogP contribution is -2.18. The highest BCUT2D eigenvalue weighted by molar-refractivity contribution is 7.84. The van der Waals surface area contributed by atoms with Gasteiger partial charge in [0.1, 0.15) is 0 Å². The Balaban J connectivity index is 2.65. The predicted molar refractivity (Wildman–Crippen MR) is 74.8 cm³/mol. The number of carbonyl (C=O) groups is 1. The molecule has 0 fully saturated rings. The normalized spacial score (nSPS) is 13.9. The average molecular weight is 269 g/mol. The first kappa shape index (κ1) is 14.7. The Bertz CT molecular complexity index is 460. The van der Waals surface area contributed by atoms with Gasteiger partial charge in [-0.15, -0.1) is 0 Å². The Morgan fingerprint density at radius 2 is 2.17 bits per heavy atom. The lowest BCUT2D eigenvalue weighted by Gasteiger charge is -2.15. The van der Waals surface area contributed by atoms with Crippen LogP contribution in [0.25, 0.3) is 0 Å². The summed E-state index contributed by atoms with van der Waals surface area (Å²) >= 11 is 0. The molecule has 0 heterocycles. The highest BCUT2D eigenvalue weighted by Crippen LogP contribution is 2.16. The van der Waals surface area contributed by atoms with Crippen LogP contribution in [0.2, 0.25) is 0 Å². The van der Waals surface area contributed by atoms with Crippen molar-refractivity contribution >= 4 is 22.5 Å². The molecule has 0 saturated carbocycles. The van der Waals surface area contributed by atoms with Crippen LogP contribution in [0.1, 0.15) is 29.3 Å². The molecule has 0 saturated heterocycles. The van der Waals surface area contributed by atoms with Gasteiger partial charge in [0.05, 0.1) is 5.56 Å². The largest absolute Gasteiger partial charge is 0.478 e. The monoisotopic (exact) mass is 269 g/mol. The number of carboxylic acids is 1. The van der Waals surface area contributed by atoms with E-state index in [4.69, 9.17) is 5.11 Å². The van der Waals surface area contributed by atoms with Crippen molar-refractivity contribution in [2.24, 2.45) is 0 Å². The molecule has 2 unspecified atom stereocenters. The number of nitrogens with one attached hydrogen (secondary N) is 1. The van der Waals surface area contributed by atoms with Crippen molar-refractivity contribution in [2.75, 3.05) is 17.3 Å². The van der Waals surface area contributed by atoms with Crippen LogP contribution < -0.4 is 5.32 Å². The SMILES string of the molecule is Cc1cc(NC(C)CCS(C)=O)ccc1C(=O)O. The minimum atomic E-state index is -0.909. The standard InChI is InChI=1S/C13H19NO3S/c1-9-8-11(4-5-12(9)13(15)16)14-10(2)6-7-18(3)17/h4-5,8,10,14H,6-7H2,1-3H3,(H,15,16). The quantitative estimate of drug-likeness (QED) is 0.831. The molecule has 1 aromatic rings. The van der Waals surface area contributed by atoms with Gasteiger partial charge in [0.15, 0.2) is 0 Å². The van der Waals surface area contributed by atoms with Crippen molar-refractivity contribution in [3.8, 4) is 0 Å². The molecule has 2 N–H and O–H groups in total. The highest BCUT2D eigenvalue weighted by Gasteiger charge is 2.08. The molecule has 1 rings (SSSR count). The molecule has 5 heteroatoms. The topological polar surface area (TPSA) is 66.4 Å². The Morgan fingerprint density at radius 3 is 2.67 bits per heavy atom. The van der Waals surface area contributed by atoms with Gasteiger partial charge < -0.3 is 10.4 Å². The fraction of sp³-hybridized carbons (Fsp3) is 0.462. The van der Waals surface area contributed by atoms with E-state index < -0.39 is 16.8 Å². The minimum absolute atomic E-state index is 0.212. The lowest BCUT2D eigenvalue weighted by molar-refractivity contribution is 0.0696. The van der Waals surface area contributed by atoms with Crippen LogP contribution in [0.3, 0.4) is 0 Å². The first-order valence-corrected chi connectivity index (χ1v) is 7.53. The van der Waals surface area contributed by atoms with Crippen molar-refractivity contribution in [1.29, 1.82) is 0 Å². The third-order valence-corrected chi connectivity index (χ3v) is 3.52. The van der Waals surface area contributed by atoms with Crippen LogP contribution in [0, 0.1) is 6.92 Å². The van der Waals surface area contributed by atoms with E-state index in [9.17, 15) is 9.00 Å². The molecule has 0 bridgehead atoms. The molecule has 4 nitrogen and oxygen atoms in total. The van der Waals surface area contributed by atoms with E-state index in [0.29, 0.717) is 11.3 Å². The fourth-order valence-electron chi connectivity index (χ4n) is 1.69. The molecule has 0 aliphatic rings. The number of carboxylic acid groups (broad SMARTS) is 1. The van der Waals surface area contributed by atoms with Crippen molar-refractivity contribution < 1.29 is 14.1 Å². The van der Waals surface area contributed by atoms with Crippen molar-refractivity contribution in [3.63, 3.8) is 0 Å². The molecular weight excluding hydrogens is 250 g/mol. The molecule has 0 spiro atoms. The van der Waals surface area contributed by atoms with Crippen LogP contribution in [-0.4, -0.2) is 33.3 Å². The molecule has 1 aromatic carbocycles. The first-order chi connectivity index (χ1) is 8.40. The van der Waals surface area contributed by atoms with E-state index in [1.165, 1.54) is 0 Å². The summed E-state index contributed by atoms with van der Waals surface area (Å²) in [4.78, 5) is 10.9. The summed E-state index contributed by atoms with van der Waals surface area (Å²) in [5, 5.41) is 12.2. The zero-order valence-electron chi connectivity index (χ0n) is 10.9. The van der Waals surface area contributed by atoms with E-state index in [0.717, 1.165) is 17.7 Å². The third kappa shape index (κ3) is 4.49. The number of hydrogen-bond donors (Lipinski definition) is 2. The fourth-order valence-corrected chi connectivity index (χ4v) is 2.38. The number of anilines is 1. The van der Waals surface area contributed by atoms with Gasteiger partial charge in [0, 0.05) is 34.5 Å². The minimum Gasteiger partial charge on any atom is -0.478 e. The average Bonchev–Trinajstić information content (AvgIpc) is 2.26. The Labute approximate surface area is 110 Å². The van der Waals surface area contributed by atoms with Crippen molar-refractivity contribution in [3.05, 3.63) is 29.3 Å². The molecule has 0 radical (unpaired) electrons. The highest BCUT2D eigenvalue weighted by atomic mass is 32.2. The van der Waals surface area contributed by atoms with Crippen LogP contribution in [-0.2, 0) is 10.8 Å². The Kier molecular flexibility index (Phi) is 5.34. The molecule has 0 amide bonds. The second-order valence-corrected chi connectivity index (χ2v) is 6.00. The van der Waals surface area contributed by atoms with Crippen LogP contribution >= 0.6 is 0 Å². The third-order valence-electron chi connectivity index (χ3n) is 2.71. The maximum atomic E-state index is 11.0. The molecule has 100 valence electrons. The van der Waals surface area contributed by atoms with Gasteiger partial charge in [-0.1, -0.05) is 0 Å². The van der Waals surface area contributed by atoms with Gasteiger partial charge in [0.25, 0.3) is 0 Å². The van der Waals surface area contributed by atoms with Gasteiger partial charge in [-0.05, 0) is 44.0 Å². The second-order valence-electron chi connectivity index (χ2n) is 4.45. The number of benzene rings is 1. The summed E-state index contributed by atoms with van der Waals surface area (Å²) in [7, 11) is -0.776. The van der Waals surface area contributed by atoms with Crippen LogP contribution in [0.4, 0.5) is 5.69 Å². The number of aromatic carboxylic acids is 1.